The topological polar surface area (TPSA) is 58.1 Å². The third kappa shape index (κ3) is 3.73. The number of hydrogen-bond acceptors (Lipinski definition) is 5. The molecule has 0 aliphatic carbocycles. The number of likely N-dealkylation sites (tertiary alicyclic amines) is 1. The molecule has 1 atom stereocenters. The van der Waals surface area contributed by atoms with Crippen molar-refractivity contribution in [2.75, 3.05) is 18.4 Å². The van der Waals surface area contributed by atoms with Crippen LogP contribution in [0.4, 0.5) is 5.13 Å². The zero-order valence-corrected chi connectivity index (χ0v) is 12.5. The van der Waals surface area contributed by atoms with E-state index in [9.17, 15) is 4.79 Å². The Balaban J connectivity index is 1.98. The van der Waals surface area contributed by atoms with Crippen LogP contribution in [0.25, 0.3) is 0 Å². The summed E-state index contributed by atoms with van der Waals surface area (Å²) in [5, 5.41) is 12.6. The summed E-state index contributed by atoms with van der Waals surface area (Å²) >= 11 is 1.47. The molecule has 1 unspecified atom stereocenters. The molecule has 1 fully saturated rings. The van der Waals surface area contributed by atoms with E-state index >= 15 is 0 Å². The monoisotopic (exact) mass is 282 g/mol. The van der Waals surface area contributed by atoms with Crippen LogP contribution in [0.3, 0.4) is 0 Å². The van der Waals surface area contributed by atoms with E-state index in [0.29, 0.717) is 5.13 Å². The number of anilines is 1. The summed E-state index contributed by atoms with van der Waals surface area (Å²) in [6.45, 7) is 6.23. The molecule has 1 aromatic heterocycles. The summed E-state index contributed by atoms with van der Waals surface area (Å²) in [5.41, 5.74) is 0. The van der Waals surface area contributed by atoms with Crippen molar-refractivity contribution in [3.63, 3.8) is 0 Å². The smallest absolute Gasteiger partial charge is 0.243 e. The summed E-state index contributed by atoms with van der Waals surface area (Å²) in [6.07, 6.45) is 5.19. The summed E-state index contributed by atoms with van der Waals surface area (Å²) in [4.78, 5) is 14.7. The number of carbonyl (C=O) groups is 1. The van der Waals surface area contributed by atoms with Gasteiger partial charge in [0.15, 0.2) is 0 Å². The van der Waals surface area contributed by atoms with Crippen molar-refractivity contribution in [3.05, 3.63) is 5.01 Å². The van der Waals surface area contributed by atoms with Gasteiger partial charge < -0.3 is 0 Å². The lowest BCUT2D eigenvalue weighted by Gasteiger charge is -2.25. The molecule has 1 saturated heterocycles. The molecule has 1 aromatic rings. The number of nitrogens with one attached hydrogen (secondary N) is 1. The lowest BCUT2D eigenvalue weighted by Crippen LogP contribution is -2.42. The Morgan fingerprint density at radius 2 is 2.11 bits per heavy atom. The first-order valence-corrected chi connectivity index (χ1v) is 7.93. The number of nitrogens with zero attached hydrogens (tertiary/aromatic N) is 3. The van der Waals surface area contributed by atoms with Gasteiger partial charge in [0, 0.05) is 0 Å². The van der Waals surface area contributed by atoms with E-state index < -0.39 is 0 Å². The Hall–Kier alpha value is -1.01. The lowest BCUT2D eigenvalue weighted by atomic mass is 10.1. The van der Waals surface area contributed by atoms with Gasteiger partial charge in [-0.2, -0.15) is 0 Å². The highest BCUT2D eigenvalue weighted by molar-refractivity contribution is 7.15. The maximum atomic E-state index is 12.4. The van der Waals surface area contributed by atoms with E-state index in [1.165, 1.54) is 24.2 Å². The van der Waals surface area contributed by atoms with Gasteiger partial charge >= 0.3 is 0 Å². The van der Waals surface area contributed by atoms with Crippen LogP contribution in [0.2, 0.25) is 0 Å². The van der Waals surface area contributed by atoms with Crippen molar-refractivity contribution >= 4 is 22.4 Å². The van der Waals surface area contributed by atoms with Gasteiger partial charge in [0.1, 0.15) is 5.01 Å². The van der Waals surface area contributed by atoms with Crippen LogP contribution in [0.5, 0.6) is 0 Å². The first-order valence-electron chi connectivity index (χ1n) is 7.11. The second-order valence-electron chi connectivity index (χ2n) is 4.89. The van der Waals surface area contributed by atoms with Crippen LogP contribution in [-0.4, -0.2) is 40.1 Å². The third-order valence-corrected chi connectivity index (χ3v) is 4.43. The van der Waals surface area contributed by atoms with Gasteiger partial charge in [-0.1, -0.05) is 31.6 Å². The van der Waals surface area contributed by atoms with E-state index in [-0.39, 0.29) is 11.9 Å². The van der Waals surface area contributed by atoms with Crippen molar-refractivity contribution in [1.82, 2.24) is 15.1 Å². The van der Waals surface area contributed by atoms with Crippen molar-refractivity contribution in [2.24, 2.45) is 0 Å². The molecule has 5 nitrogen and oxygen atoms in total. The Labute approximate surface area is 118 Å². The average molecular weight is 282 g/mol. The van der Waals surface area contributed by atoms with Gasteiger partial charge in [0.2, 0.25) is 11.0 Å². The number of hydrogen-bond donors (Lipinski definition) is 1. The lowest BCUT2D eigenvalue weighted by molar-refractivity contribution is -0.121. The number of rotatable bonds is 6. The van der Waals surface area contributed by atoms with Crippen LogP contribution in [0.15, 0.2) is 0 Å². The zero-order chi connectivity index (χ0) is 13.7. The molecule has 2 rings (SSSR count). The molecule has 1 amide bonds. The Bertz CT molecular complexity index is 415. The van der Waals surface area contributed by atoms with Crippen LogP contribution >= 0.6 is 11.3 Å². The predicted octanol–water partition coefficient (Wildman–Crippen LogP) is 2.30. The molecule has 1 aliphatic heterocycles. The predicted molar refractivity (Wildman–Crippen MR) is 77.4 cm³/mol. The van der Waals surface area contributed by atoms with E-state index in [1.807, 2.05) is 6.92 Å². The summed E-state index contributed by atoms with van der Waals surface area (Å²) < 4.78 is 0. The maximum absolute atomic E-state index is 12.4. The Kier molecular flexibility index (Phi) is 5.27. The first-order chi connectivity index (χ1) is 9.24. The molecule has 0 saturated carbocycles. The quantitative estimate of drug-likeness (QED) is 0.870. The summed E-state index contributed by atoms with van der Waals surface area (Å²) in [7, 11) is 0. The van der Waals surface area contributed by atoms with E-state index in [0.717, 1.165) is 37.4 Å². The van der Waals surface area contributed by atoms with E-state index in [1.54, 1.807) is 0 Å². The van der Waals surface area contributed by atoms with Gasteiger partial charge in [0.25, 0.3) is 0 Å². The van der Waals surface area contributed by atoms with E-state index in [2.05, 4.69) is 27.3 Å². The standard InChI is InChI=1S/C13H22N4OS/c1-3-7-10(17-8-5-6-9-17)12(18)14-13-16-15-11(4-2)19-13/h10H,3-9H2,1-2H3,(H,14,16,18). The molecule has 0 spiro atoms. The van der Waals surface area contributed by atoms with Crippen molar-refractivity contribution in [2.45, 2.75) is 52.0 Å². The van der Waals surface area contributed by atoms with Gasteiger partial charge in [0.05, 0.1) is 6.04 Å². The average Bonchev–Trinajstić information content (AvgIpc) is 3.06. The Morgan fingerprint density at radius 3 is 2.68 bits per heavy atom. The second-order valence-corrected chi connectivity index (χ2v) is 5.95. The molecule has 0 radical (unpaired) electrons. The highest BCUT2D eigenvalue weighted by Crippen LogP contribution is 2.19. The summed E-state index contributed by atoms with van der Waals surface area (Å²) in [6, 6.07) is -0.0125. The number of aryl methyl sites for hydroxylation is 1. The molecular weight excluding hydrogens is 260 g/mol. The second kappa shape index (κ2) is 6.96. The molecule has 0 aromatic carbocycles. The molecular formula is C13H22N4OS. The Morgan fingerprint density at radius 1 is 1.37 bits per heavy atom. The molecule has 19 heavy (non-hydrogen) atoms. The molecule has 106 valence electrons. The third-order valence-electron chi connectivity index (χ3n) is 3.45. The van der Waals surface area contributed by atoms with Crippen molar-refractivity contribution in [1.29, 1.82) is 0 Å². The fourth-order valence-electron chi connectivity index (χ4n) is 2.44. The number of amides is 1. The summed E-state index contributed by atoms with van der Waals surface area (Å²) in [5.74, 6) is 0.0718. The molecule has 0 bridgehead atoms. The van der Waals surface area contributed by atoms with Crippen LogP contribution in [0, 0.1) is 0 Å². The normalized spacial score (nSPS) is 17.6. The van der Waals surface area contributed by atoms with Crippen LogP contribution in [0.1, 0.15) is 44.5 Å². The molecule has 1 N–H and O–H groups in total. The largest absolute Gasteiger partial charge is 0.299 e. The van der Waals surface area contributed by atoms with E-state index in [4.69, 9.17) is 0 Å². The SMILES string of the molecule is CCCC(C(=O)Nc1nnc(CC)s1)N1CCCC1. The van der Waals surface area contributed by atoms with Crippen LogP contribution in [-0.2, 0) is 11.2 Å². The van der Waals surface area contributed by atoms with Crippen molar-refractivity contribution in [3.8, 4) is 0 Å². The minimum atomic E-state index is -0.0125. The van der Waals surface area contributed by atoms with Gasteiger partial charge in [-0.3, -0.25) is 15.0 Å². The van der Waals surface area contributed by atoms with Crippen LogP contribution < -0.4 is 5.32 Å². The van der Waals surface area contributed by atoms with Gasteiger partial charge in [-0.15, -0.1) is 10.2 Å². The van der Waals surface area contributed by atoms with Crippen molar-refractivity contribution < 1.29 is 4.79 Å². The van der Waals surface area contributed by atoms with Gasteiger partial charge in [-0.25, -0.2) is 0 Å². The minimum Gasteiger partial charge on any atom is -0.299 e. The molecule has 2 heterocycles. The highest BCUT2D eigenvalue weighted by atomic mass is 32.1. The number of carbonyl (C=O) groups excluding carboxylic acids is 1. The fraction of sp³-hybridized carbons (Fsp3) is 0.769. The molecule has 6 heteroatoms. The molecule has 1 aliphatic rings. The van der Waals surface area contributed by atoms with Gasteiger partial charge in [-0.05, 0) is 38.8 Å². The number of aromatic nitrogens is 2. The first kappa shape index (κ1) is 14.4. The maximum Gasteiger partial charge on any atom is 0.243 e. The highest BCUT2D eigenvalue weighted by Gasteiger charge is 2.27. The fourth-order valence-corrected chi connectivity index (χ4v) is 3.12. The minimum absolute atomic E-state index is 0.0125. The zero-order valence-electron chi connectivity index (χ0n) is 11.7.